The average molecular weight is 335 g/mol. The van der Waals surface area contributed by atoms with Crippen LogP contribution in [0.5, 0.6) is 0 Å². The van der Waals surface area contributed by atoms with E-state index in [1.807, 2.05) is 13.8 Å². The van der Waals surface area contributed by atoms with Crippen LogP contribution in [0, 0.1) is 5.21 Å². The van der Waals surface area contributed by atoms with Gasteiger partial charge in [-0.15, -0.1) is 0 Å². The SMILES string of the molecule is CC[N+](CC)(CC)CC1=CC(C)(C)[NH+]([O-])C1(C)C.[Br-]. The van der Waals surface area contributed by atoms with Crippen LogP contribution in [-0.4, -0.2) is 41.7 Å². The van der Waals surface area contributed by atoms with Crippen LogP contribution >= 0.6 is 0 Å². The number of hydrogen-bond donors (Lipinski definition) is 1. The van der Waals surface area contributed by atoms with Crippen LogP contribution in [0.3, 0.4) is 0 Å². The van der Waals surface area contributed by atoms with Crippen LogP contribution in [0.4, 0.5) is 0 Å². The van der Waals surface area contributed by atoms with Gasteiger partial charge in [0, 0.05) is 5.57 Å². The van der Waals surface area contributed by atoms with Crippen molar-refractivity contribution >= 4 is 0 Å². The molecule has 0 aliphatic carbocycles. The summed E-state index contributed by atoms with van der Waals surface area (Å²) >= 11 is 0. The fraction of sp³-hybridized carbons (Fsp3) is 0.867. The molecule has 1 heterocycles. The van der Waals surface area contributed by atoms with Crippen molar-refractivity contribution in [2.24, 2.45) is 0 Å². The normalized spacial score (nSPS) is 24.8. The van der Waals surface area contributed by atoms with E-state index in [0.29, 0.717) is 5.06 Å². The molecule has 0 saturated carbocycles. The molecule has 0 aromatic rings. The molecule has 0 aromatic heterocycles. The zero-order valence-electron chi connectivity index (χ0n) is 13.6. The molecule has 1 aliphatic rings. The number of hydrogen-bond acceptors (Lipinski definition) is 1. The van der Waals surface area contributed by atoms with E-state index in [0.717, 1.165) is 30.7 Å². The Hall–Kier alpha value is 0.100. The first-order chi connectivity index (χ1) is 8.15. The third kappa shape index (κ3) is 3.41. The van der Waals surface area contributed by atoms with Crippen LogP contribution in [0.15, 0.2) is 11.6 Å². The van der Waals surface area contributed by atoms with Crippen molar-refractivity contribution in [1.29, 1.82) is 0 Å². The summed E-state index contributed by atoms with van der Waals surface area (Å²) in [5.41, 5.74) is 0.763. The van der Waals surface area contributed by atoms with Crippen molar-refractivity contribution < 1.29 is 26.5 Å². The van der Waals surface area contributed by atoms with E-state index in [1.165, 1.54) is 5.57 Å². The summed E-state index contributed by atoms with van der Waals surface area (Å²) < 4.78 is 1.08. The quantitative estimate of drug-likeness (QED) is 0.379. The molecular formula is C15H31BrN2O. The fourth-order valence-electron chi connectivity index (χ4n) is 3.24. The lowest BCUT2D eigenvalue weighted by molar-refractivity contribution is -0.938. The highest BCUT2D eigenvalue weighted by Crippen LogP contribution is 2.27. The van der Waals surface area contributed by atoms with Gasteiger partial charge in [0.15, 0.2) is 0 Å². The van der Waals surface area contributed by atoms with Gasteiger partial charge in [-0.25, -0.2) is 0 Å². The second-order valence-electron chi connectivity index (χ2n) is 6.79. The Morgan fingerprint density at radius 1 is 1.05 bits per heavy atom. The van der Waals surface area contributed by atoms with Crippen LogP contribution in [0.2, 0.25) is 0 Å². The zero-order valence-corrected chi connectivity index (χ0v) is 15.2. The first kappa shape index (κ1) is 19.1. The highest BCUT2D eigenvalue weighted by molar-refractivity contribution is 5.23. The molecule has 0 aromatic carbocycles. The first-order valence-electron chi connectivity index (χ1n) is 7.27. The Morgan fingerprint density at radius 3 is 1.74 bits per heavy atom. The van der Waals surface area contributed by atoms with Gasteiger partial charge in [-0.2, -0.15) is 0 Å². The third-order valence-corrected chi connectivity index (χ3v) is 5.01. The molecule has 0 bridgehead atoms. The number of likely N-dealkylation sites (N-methyl/N-ethyl adjacent to an activating group) is 1. The molecule has 0 radical (unpaired) electrons. The minimum Gasteiger partial charge on any atom is -1.00 e. The second kappa shape index (κ2) is 6.25. The molecule has 1 aliphatic heterocycles. The van der Waals surface area contributed by atoms with Crippen molar-refractivity contribution in [1.82, 2.24) is 0 Å². The maximum Gasteiger partial charge on any atom is 0.119 e. The zero-order chi connectivity index (χ0) is 14.2. The second-order valence-corrected chi connectivity index (χ2v) is 6.79. The van der Waals surface area contributed by atoms with Crippen LogP contribution < -0.4 is 22.0 Å². The molecule has 0 amide bonds. The Bertz CT molecular complexity index is 325. The Morgan fingerprint density at radius 2 is 1.47 bits per heavy atom. The van der Waals surface area contributed by atoms with Gasteiger partial charge in [0.25, 0.3) is 0 Å². The van der Waals surface area contributed by atoms with Crippen LogP contribution in [-0.2, 0) is 0 Å². The fourth-order valence-corrected chi connectivity index (χ4v) is 3.24. The summed E-state index contributed by atoms with van der Waals surface area (Å²) in [5.74, 6) is 0. The van der Waals surface area contributed by atoms with Crippen molar-refractivity contribution in [2.75, 3.05) is 26.2 Å². The molecule has 4 heteroatoms. The predicted octanol–water partition coefficient (Wildman–Crippen LogP) is -1.25. The number of halogens is 1. The Balaban J connectivity index is 0.00000324. The van der Waals surface area contributed by atoms with E-state index in [2.05, 4.69) is 40.7 Å². The smallest absolute Gasteiger partial charge is 0.119 e. The van der Waals surface area contributed by atoms with Crippen molar-refractivity contribution in [3.63, 3.8) is 0 Å². The minimum absolute atomic E-state index is 0. The molecule has 3 nitrogen and oxygen atoms in total. The largest absolute Gasteiger partial charge is 1.00 e. The van der Waals surface area contributed by atoms with Crippen molar-refractivity contribution in [3.05, 3.63) is 16.9 Å². The average Bonchev–Trinajstić information content (AvgIpc) is 2.47. The van der Waals surface area contributed by atoms with Gasteiger partial charge < -0.3 is 31.7 Å². The van der Waals surface area contributed by atoms with E-state index in [9.17, 15) is 5.21 Å². The lowest BCUT2D eigenvalue weighted by Gasteiger charge is -2.43. The number of rotatable bonds is 5. The maximum absolute atomic E-state index is 12.5. The van der Waals surface area contributed by atoms with Crippen LogP contribution in [0.1, 0.15) is 48.5 Å². The summed E-state index contributed by atoms with van der Waals surface area (Å²) in [5, 5.41) is 12.8. The molecule has 0 spiro atoms. The molecule has 1 unspecified atom stereocenters. The highest BCUT2D eigenvalue weighted by Gasteiger charge is 2.47. The predicted molar refractivity (Wildman–Crippen MR) is 77.3 cm³/mol. The lowest BCUT2D eigenvalue weighted by Crippen LogP contribution is -3.20. The third-order valence-electron chi connectivity index (χ3n) is 5.01. The summed E-state index contributed by atoms with van der Waals surface area (Å²) in [6.45, 7) is 19.4. The van der Waals surface area contributed by atoms with Crippen molar-refractivity contribution in [3.8, 4) is 0 Å². The summed E-state index contributed by atoms with van der Waals surface area (Å²) in [6.07, 6.45) is 2.23. The molecule has 1 N–H and O–H groups in total. The Kier molecular flexibility index (Phi) is 6.28. The summed E-state index contributed by atoms with van der Waals surface area (Å²) in [7, 11) is 0. The minimum atomic E-state index is -0.288. The monoisotopic (exact) mass is 334 g/mol. The molecule has 0 saturated heterocycles. The molecule has 1 atom stereocenters. The van der Waals surface area contributed by atoms with E-state index < -0.39 is 0 Å². The maximum atomic E-state index is 12.5. The lowest BCUT2D eigenvalue weighted by atomic mass is 9.95. The van der Waals surface area contributed by atoms with Gasteiger partial charge >= 0.3 is 0 Å². The number of nitrogens with one attached hydrogen (secondary N) is 1. The van der Waals surface area contributed by atoms with Gasteiger partial charge in [-0.05, 0) is 54.5 Å². The van der Waals surface area contributed by atoms with E-state index >= 15 is 0 Å². The van der Waals surface area contributed by atoms with E-state index in [1.54, 1.807) is 0 Å². The number of nitrogens with zero attached hydrogens (tertiary/aromatic N) is 1. The summed E-state index contributed by atoms with van der Waals surface area (Å²) in [6, 6.07) is 0. The first-order valence-corrected chi connectivity index (χ1v) is 7.27. The molecule has 1 rings (SSSR count). The van der Waals surface area contributed by atoms with Crippen LogP contribution in [0.25, 0.3) is 0 Å². The number of hydroxylamine groups is 2. The van der Waals surface area contributed by atoms with Gasteiger partial charge in [0.05, 0.1) is 19.6 Å². The molecule has 0 fully saturated rings. The number of quaternary nitrogens is 2. The van der Waals surface area contributed by atoms with Gasteiger partial charge in [-0.3, -0.25) is 0 Å². The van der Waals surface area contributed by atoms with E-state index in [-0.39, 0.29) is 28.1 Å². The molecule has 19 heavy (non-hydrogen) atoms. The van der Waals surface area contributed by atoms with Gasteiger partial charge in [0.2, 0.25) is 0 Å². The highest BCUT2D eigenvalue weighted by atomic mass is 79.9. The topological polar surface area (TPSA) is 27.5 Å². The van der Waals surface area contributed by atoms with Crippen molar-refractivity contribution in [2.45, 2.75) is 59.5 Å². The van der Waals surface area contributed by atoms with E-state index in [4.69, 9.17) is 0 Å². The van der Waals surface area contributed by atoms with Gasteiger partial charge in [-0.1, -0.05) is 0 Å². The van der Waals surface area contributed by atoms with Gasteiger partial charge in [0.1, 0.15) is 17.6 Å². The molecular weight excluding hydrogens is 304 g/mol. The standard InChI is InChI=1S/C15H31N2O.BrH/c1-8-17(9-2,10-3)12-13-11-14(4,5)16(18)15(13,6)7;/h11,16H,8-10,12H2,1-7H3;1H/q+1;/p-1. The Labute approximate surface area is 129 Å². The molecule has 114 valence electrons. The summed E-state index contributed by atoms with van der Waals surface area (Å²) in [4.78, 5) is 0.